The highest BCUT2D eigenvalue weighted by Crippen LogP contribution is 2.38. The van der Waals surface area contributed by atoms with Crippen molar-refractivity contribution >= 4 is 23.2 Å². The average Bonchev–Trinajstić information content (AvgIpc) is 3.07. The quantitative estimate of drug-likeness (QED) is 0.877. The summed E-state index contributed by atoms with van der Waals surface area (Å²) in [5.74, 6) is -1.53. The van der Waals surface area contributed by atoms with Crippen LogP contribution in [0.25, 0.3) is 0 Å². The normalized spacial score (nSPS) is 27.2. The smallest absolute Gasteiger partial charge is 0.307 e. The molecule has 0 radical (unpaired) electrons. The van der Waals surface area contributed by atoms with Crippen LogP contribution in [0.2, 0.25) is 0 Å². The average molecular weight is 295 g/mol. The summed E-state index contributed by atoms with van der Waals surface area (Å²) in [6, 6.07) is 3.87. The molecule has 1 aromatic rings. The van der Waals surface area contributed by atoms with E-state index in [-0.39, 0.29) is 17.9 Å². The van der Waals surface area contributed by atoms with Gasteiger partial charge in [0.25, 0.3) is 0 Å². The van der Waals surface area contributed by atoms with Crippen molar-refractivity contribution in [2.24, 2.45) is 17.8 Å². The lowest BCUT2D eigenvalue weighted by Crippen LogP contribution is -2.36. The summed E-state index contributed by atoms with van der Waals surface area (Å²) in [6.45, 7) is 3.99. The van der Waals surface area contributed by atoms with Gasteiger partial charge >= 0.3 is 5.97 Å². The molecule has 110 valence electrons. The van der Waals surface area contributed by atoms with Gasteiger partial charge in [-0.15, -0.1) is 11.3 Å². The fourth-order valence-electron chi connectivity index (χ4n) is 2.97. The van der Waals surface area contributed by atoms with Crippen LogP contribution < -0.4 is 5.32 Å². The minimum Gasteiger partial charge on any atom is -0.481 e. The topological polar surface area (TPSA) is 66.4 Å². The third kappa shape index (κ3) is 3.20. The van der Waals surface area contributed by atoms with Crippen LogP contribution in [0.15, 0.2) is 17.5 Å². The van der Waals surface area contributed by atoms with E-state index >= 15 is 0 Å². The molecule has 4 unspecified atom stereocenters. The first-order valence-electron chi connectivity index (χ1n) is 7.09. The lowest BCUT2D eigenvalue weighted by molar-refractivity contribution is -0.146. The fourth-order valence-corrected chi connectivity index (χ4v) is 3.70. The Morgan fingerprint density at radius 2 is 2.15 bits per heavy atom. The predicted octanol–water partition coefficient (Wildman–Crippen LogP) is 3.06. The molecular formula is C15H21NO3S. The Labute approximate surface area is 123 Å². The number of hydrogen-bond acceptors (Lipinski definition) is 3. The van der Waals surface area contributed by atoms with Crippen LogP contribution in [0.1, 0.15) is 44.0 Å². The predicted molar refractivity (Wildman–Crippen MR) is 78.5 cm³/mol. The molecule has 1 saturated carbocycles. The second-order valence-corrected chi connectivity index (χ2v) is 6.52. The van der Waals surface area contributed by atoms with Crippen molar-refractivity contribution in [2.75, 3.05) is 0 Å². The van der Waals surface area contributed by atoms with Crippen LogP contribution in [-0.4, -0.2) is 17.0 Å². The molecule has 1 aliphatic rings. The van der Waals surface area contributed by atoms with Gasteiger partial charge in [-0.2, -0.15) is 0 Å². The number of hydrogen-bond donors (Lipinski definition) is 2. The van der Waals surface area contributed by atoms with Crippen LogP contribution in [0, 0.1) is 17.8 Å². The molecule has 0 bridgehead atoms. The lowest BCUT2D eigenvalue weighted by Gasteiger charge is -2.19. The van der Waals surface area contributed by atoms with Crippen molar-refractivity contribution in [2.45, 2.75) is 39.2 Å². The second kappa shape index (κ2) is 6.39. The highest BCUT2D eigenvalue weighted by Gasteiger charge is 2.42. The zero-order valence-corrected chi connectivity index (χ0v) is 12.7. The molecule has 5 heteroatoms. The summed E-state index contributed by atoms with van der Waals surface area (Å²) in [7, 11) is 0. The highest BCUT2D eigenvalue weighted by atomic mass is 32.1. The molecule has 1 fully saturated rings. The van der Waals surface area contributed by atoms with E-state index in [1.807, 2.05) is 24.4 Å². The number of carbonyl (C=O) groups excluding carboxylic acids is 1. The summed E-state index contributed by atoms with van der Waals surface area (Å²) >= 11 is 1.60. The molecule has 1 heterocycles. The van der Waals surface area contributed by atoms with E-state index in [1.54, 1.807) is 11.3 Å². The molecule has 0 aromatic carbocycles. The summed E-state index contributed by atoms with van der Waals surface area (Å²) in [6.07, 6.45) is 2.25. The number of carboxylic acids is 1. The van der Waals surface area contributed by atoms with E-state index in [0.29, 0.717) is 18.8 Å². The van der Waals surface area contributed by atoms with E-state index in [0.717, 1.165) is 11.3 Å². The molecule has 1 aromatic heterocycles. The standard InChI is InChI=1S/C15H21NO3S/c1-3-10-7-11(12(8-10)15(18)19)14(17)16-9(2)13-5-4-6-20-13/h4-6,9-12H,3,7-8H2,1-2H3,(H,16,17)(H,18,19). The van der Waals surface area contributed by atoms with Gasteiger partial charge in [-0.05, 0) is 37.1 Å². The molecule has 2 rings (SSSR count). The van der Waals surface area contributed by atoms with Crippen LogP contribution >= 0.6 is 11.3 Å². The molecule has 0 saturated heterocycles. The molecule has 0 spiro atoms. The third-order valence-corrected chi connectivity index (χ3v) is 5.28. The number of nitrogens with one attached hydrogen (secondary N) is 1. The maximum absolute atomic E-state index is 12.4. The van der Waals surface area contributed by atoms with Crippen LogP contribution in [0.5, 0.6) is 0 Å². The maximum Gasteiger partial charge on any atom is 0.307 e. The number of rotatable bonds is 5. The van der Waals surface area contributed by atoms with Crippen molar-refractivity contribution in [3.63, 3.8) is 0 Å². The first kappa shape index (κ1) is 15.0. The SMILES string of the molecule is CCC1CC(C(=O)O)C(C(=O)NC(C)c2cccs2)C1. The largest absolute Gasteiger partial charge is 0.481 e. The number of carbonyl (C=O) groups is 2. The maximum atomic E-state index is 12.4. The molecule has 0 aliphatic heterocycles. The Morgan fingerprint density at radius 1 is 1.45 bits per heavy atom. The van der Waals surface area contributed by atoms with Gasteiger partial charge < -0.3 is 10.4 Å². The third-order valence-electron chi connectivity index (χ3n) is 4.22. The van der Waals surface area contributed by atoms with Crippen molar-refractivity contribution in [3.05, 3.63) is 22.4 Å². The van der Waals surface area contributed by atoms with E-state index in [1.165, 1.54) is 0 Å². The molecule has 4 atom stereocenters. The minimum atomic E-state index is -0.843. The monoisotopic (exact) mass is 295 g/mol. The highest BCUT2D eigenvalue weighted by molar-refractivity contribution is 7.10. The van der Waals surface area contributed by atoms with Gasteiger partial charge in [0.05, 0.1) is 17.9 Å². The summed E-state index contributed by atoms with van der Waals surface area (Å²) in [5, 5.41) is 14.2. The fraction of sp³-hybridized carbons (Fsp3) is 0.600. The lowest BCUT2D eigenvalue weighted by atomic mass is 9.95. The molecule has 1 amide bonds. The Morgan fingerprint density at radius 3 is 2.70 bits per heavy atom. The zero-order chi connectivity index (χ0) is 14.7. The number of thiophene rings is 1. The van der Waals surface area contributed by atoms with Gasteiger partial charge in [-0.1, -0.05) is 19.4 Å². The van der Waals surface area contributed by atoms with Gasteiger partial charge in [0, 0.05) is 4.88 Å². The Kier molecular flexibility index (Phi) is 4.81. The second-order valence-electron chi connectivity index (χ2n) is 5.54. The van der Waals surface area contributed by atoms with Gasteiger partial charge in [-0.25, -0.2) is 0 Å². The van der Waals surface area contributed by atoms with Crippen molar-refractivity contribution in [3.8, 4) is 0 Å². The zero-order valence-electron chi connectivity index (χ0n) is 11.8. The van der Waals surface area contributed by atoms with Crippen molar-refractivity contribution in [1.29, 1.82) is 0 Å². The Bertz CT molecular complexity index is 471. The first-order valence-corrected chi connectivity index (χ1v) is 7.97. The molecular weight excluding hydrogens is 274 g/mol. The van der Waals surface area contributed by atoms with Gasteiger partial charge in [0.2, 0.25) is 5.91 Å². The first-order chi connectivity index (χ1) is 9.52. The van der Waals surface area contributed by atoms with Crippen LogP contribution in [0.4, 0.5) is 0 Å². The minimum absolute atomic E-state index is 0.0578. The van der Waals surface area contributed by atoms with E-state index < -0.39 is 11.9 Å². The number of amides is 1. The van der Waals surface area contributed by atoms with E-state index in [9.17, 15) is 14.7 Å². The summed E-state index contributed by atoms with van der Waals surface area (Å²) in [4.78, 5) is 24.8. The number of carboxylic acid groups (broad SMARTS) is 1. The van der Waals surface area contributed by atoms with E-state index in [2.05, 4.69) is 12.2 Å². The summed E-state index contributed by atoms with van der Waals surface area (Å²) in [5.41, 5.74) is 0. The Hall–Kier alpha value is -1.36. The van der Waals surface area contributed by atoms with Gasteiger partial charge in [0.15, 0.2) is 0 Å². The van der Waals surface area contributed by atoms with Crippen molar-refractivity contribution in [1.82, 2.24) is 5.32 Å². The van der Waals surface area contributed by atoms with Crippen LogP contribution in [-0.2, 0) is 9.59 Å². The number of aliphatic carboxylic acids is 1. The molecule has 1 aliphatic carbocycles. The van der Waals surface area contributed by atoms with Crippen LogP contribution in [0.3, 0.4) is 0 Å². The van der Waals surface area contributed by atoms with Gasteiger partial charge in [0.1, 0.15) is 0 Å². The van der Waals surface area contributed by atoms with Crippen molar-refractivity contribution < 1.29 is 14.7 Å². The Balaban J connectivity index is 2.02. The summed E-state index contributed by atoms with van der Waals surface area (Å²) < 4.78 is 0. The van der Waals surface area contributed by atoms with E-state index in [4.69, 9.17) is 0 Å². The molecule has 20 heavy (non-hydrogen) atoms. The van der Waals surface area contributed by atoms with Gasteiger partial charge in [-0.3, -0.25) is 9.59 Å². The molecule has 4 nitrogen and oxygen atoms in total. The molecule has 2 N–H and O–H groups in total.